The van der Waals surface area contributed by atoms with Gasteiger partial charge in [0, 0.05) is 0 Å². The first kappa shape index (κ1) is 23.6. The van der Waals surface area contributed by atoms with Gasteiger partial charge in [-0.1, -0.05) is 26.3 Å². The van der Waals surface area contributed by atoms with Crippen molar-refractivity contribution in [2.75, 3.05) is 0 Å². The highest BCUT2D eigenvalue weighted by Crippen LogP contribution is 2.63. The molecule has 0 aromatic heterocycles. The summed E-state index contributed by atoms with van der Waals surface area (Å²) < 4.78 is 13.2. The second kappa shape index (κ2) is 8.32. The zero-order valence-corrected chi connectivity index (χ0v) is 23.4. The third kappa shape index (κ3) is 4.72. The molecule has 0 amide bonds. The number of hydrogen-bond donors (Lipinski definition) is 0. The van der Waals surface area contributed by atoms with E-state index in [9.17, 15) is 0 Å². The van der Waals surface area contributed by atoms with Gasteiger partial charge in [0.2, 0.25) is 8.32 Å². The zero-order chi connectivity index (χ0) is 22.6. The van der Waals surface area contributed by atoms with Gasteiger partial charge >= 0.3 is 0 Å². The third-order valence-corrected chi connectivity index (χ3v) is 10.2. The molecular weight excluding hydrogens is 412 g/mol. The fraction of sp³-hybridized carbons (Fsp3) is 0.778. The molecule has 0 radical (unpaired) electrons. The van der Waals surface area contributed by atoms with E-state index in [4.69, 9.17) is 8.85 Å². The molecule has 2 nitrogen and oxygen atoms in total. The van der Waals surface area contributed by atoms with Crippen molar-refractivity contribution >= 4 is 16.6 Å². The quantitative estimate of drug-likeness (QED) is 0.399. The van der Waals surface area contributed by atoms with Crippen LogP contribution in [0.15, 0.2) is 18.2 Å². The molecular formula is C27H46O2Si2. The Balaban J connectivity index is 1.64. The Morgan fingerprint density at radius 1 is 0.968 bits per heavy atom. The molecule has 2 saturated carbocycles. The van der Waals surface area contributed by atoms with Gasteiger partial charge in [0.05, 0.1) is 6.10 Å². The van der Waals surface area contributed by atoms with Crippen LogP contribution >= 0.6 is 0 Å². The molecule has 0 unspecified atom stereocenters. The fourth-order valence-corrected chi connectivity index (χ4v) is 9.39. The predicted octanol–water partition coefficient (Wildman–Crippen LogP) is 8.32. The molecule has 2 fully saturated rings. The highest BCUT2D eigenvalue weighted by Gasteiger charge is 2.56. The molecule has 4 heteroatoms. The van der Waals surface area contributed by atoms with Crippen LogP contribution in [0.25, 0.3) is 0 Å². The molecule has 6 atom stereocenters. The van der Waals surface area contributed by atoms with Crippen molar-refractivity contribution < 1.29 is 8.85 Å². The van der Waals surface area contributed by atoms with Crippen molar-refractivity contribution in [2.45, 2.75) is 116 Å². The fourth-order valence-electron chi connectivity index (χ4n) is 7.31. The topological polar surface area (TPSA) is 18.5 Å². The molecule has 174 valence electrons. The van der Waals surface area contributed by atoms with Gasteiger partial charge in [-0.25, -0.2) is 0 Å². The summed E-state index contributed by atoms with van der Waals surface area (Å²) in [5, 5.41) is 0. The monoisotopic (exact) mass is 458 g/mol. The van der Waals surface area contributed by atoms with Crippen LogP contribution < -0.4 is 4.43 Å². The molecule has 3 aliphatic carbocycles. The second-order valence-corrected chi connectivity index (χ2v) is 21.8. The summed E-state index contributed by atoms with van der Waals surface area (Å²) in [4.78, 5) is 0. The molecule has 31 heavy (non-hydrogen) atoms. The van der Waals surface area contributed by atoms with Crippen LogP contribution in [0.3, 0.4) is 0 Å². The van der Waals surface area contributed by atoms with Crippen LogP contribution in [0, 0.1) is 17.3 Å². The first-order valence-electron chi connectivity index (χ1n) is 12.9. The van der Waals surface area contributed by atoms with Crippen molar-refractivity contribution in [3.8, 4) is 5.75 Å². The summed E-state index contributed by atoms with van der Waals surface area (Å²) in [5.41, 5.74) is 3.67. The smallest absolute Gasteiger partial charge is 0.242 e. The first-order chi connectivity index (χ1) is 14.4. The van der Waals surface area contributed by atoms with Gasteiger partial charge < -0.3 is 8.85 Å². The van der Waals surface area contributed by atoms with Crippen molar-refractivity contribution in [1.82, 2.24) is 0 Å². The Hall–Kier alpha value is -0.586. The normalized spacial score (nSPS) is 35.3. The second-order valence-electron chi connectivity index (χ2n) is 12.9. The zero-order valence-electron chi connectivity index (χ0n) is 21.4. The Morgan fingerprint density at radius 2 is 1.71 bits per heavy atom. The number of rotatable bonds is 6. The summed E-state index contributed by atoms with van der Waals surface area (Å²) in [7, 11) is -3.09. The van der Waals surface area contributed by atoms with Gasteiger partial charge in [0.25, 0.3) is 0 Å². The maximum atomic E-state index is 6.78. The van der Waals surface area contributed by atoms with E-state index >= 15 is 0 Å². The molecule has 0 N–H and O–H groups in total. The van der Waals surface area contributed by atoms with E-state index in [0.29, 0.717) is 17.4 Å². The standard InChI is InChI=1S/C27H46O2Si2/c1-9-10-19-17-24-22(21-12-11-20(18-23(19)21)28-30(3,4)5)15-16-27(2)25(24)13-14-26(27)29-31(6,7)8/h11-12,18-19,22,24-26H,9-10,13-17H2,1-8H3/t19-,22+,24+,25-,26-,27-/m0/s1. The van der Waals surface area contributed by atoms with Crippen LogP contribution in [-0.4, -0.2) is 22.7 Å². The summed E-state index contributed by atoms with van der Waals surface area (Å²) in [6.45, 7) is 18.9. The largest absolute Gasteiger partial charge is 0.544 e. The van der Waals surface area contributed by atoms with E-state index in [2.05, 4.69) is 71.3 Å². The molecule has 3 aliphatic rings. The molecule has 0 spiro atoms. The van der Waals surface area contributed by atoms with E-state index < -0.39 is 16.6 Å². The SMILES string of the molecule is CCC[C@H]1C[C@@H]2[C@H](CC[C@]3(C)[C@@H](O[Si](C)(C)C)CC[C@@H]23)c2ccc(O[Si](C)(C)C)cc21. The lowest BCUT2D eigenvalue weighted by molar-refractivity contribution is -0.0169. The maximum Gasteiger partial charge on any atom is 0.242 e. The first-order valence-corrected chi connectivity index (χ1v) is 19.7. The van der Waals surface area contributed by atoms with E-state index in [1.165, 1.54) is 44.9 Å². The van der Waals surface area contributed by atoms with E-state index in [0.717, 1.165) is 23.5 Å². The average Bonchev–Trinajstić information content (AvgIpc) is 2.96. The molecule has 1 aromatic rings. The van der Waals surface area contributed by atoms with Gasteiger partial charge in [-0.05, 0) is 130 Å². The lowest BCUT2D eigenvalue weighted by Gasteiger charge is -2.52. The van der Waals surface area contributed by atoms with Crippen molar-refractivity contribution in [3.63, 3.8) is 0 Å². The summed E-state index contributed by atoms with van der Waals surface area (Å²) in [5.74, 6) is 4.22. The third-order valence-electron chi connectivity index (χ3n) is 8.36. The molecule has 4 rings (SSSR count). The van der Waals surface area contributed by atoms with Crippen molar-refractivity contribution in [2.24, 2.45) is 17.3 Å². The highest BCUT2D eigenvalue weighted by atomic mass is 28.4. The lowest BCUT2D eigenvalue weighted by Crippen LogP contribution is -2.47. The Morgan fingerprint density at radius 3 is 2.35 bits per heavy atom. The van der Waals surface area contributed by atoms with Crippen molar-refractivity contribution in [1.29, 1.82) is 0 Å². The highest BCUT2D eigenvalue weighted by molar-refractivity contribution is 6.70. The van der Waals surface area contributed by atoms with Gasteiger partial charge in [-0.3, -0.25) is 0 Å². The van der Waals surface area contributed by atoms with Crippen molar-refractivity contribution in [3.05, 3.63) is 29.3 Å². The minimum absolute atomic E-state index is 0.386. The van der Waals surface area contributed by atoms with Crippen LogP contribution in [0.2, 0.25) is 39.3 Å². The molecule has 0 saturated heterocycles. The van der Waals surface area contributed by atoms with Crippen LogP contribution in [0.4, 0.5) is 0 Å². The molecule has 0 heterocycles. The van der Waals surface area contributed by atoms with Crippen LogP contribution in [0.1, 0.15) is 81.8 Å². The minimum Gasteiger partial charge on any atom is -0.544 e. The van der Waals surface area contributed by atoms with Gasteiger partial charge in [0.1, 0.15) is 5.75 Å². The number of fused-ring (bicyclic) bond motifs is 5. The lowest BCUT2D eigenvalue weighted by atomic mass is 9.53. The minimum atomic E-state index is -1.58. The van der Waals surface area contributed by atoms with Gasteiger partial charge in [-0.2, -0.15) is 0 Å². The summed E-state index contributed by atoms with van der Waals surface area (Å²) in [6, 6.07) is 7.17. The maximum absolute atomic E-state index is 6.78. The van der Waals surface area contributed by atoms with E-state index in [1.807, 2.05) is 0 Å². The Bertz CT molecular complexity index is 793. The van der Waals surface area contributed by atoms with E-state index in [1.54, 1.807) is 11.1 Å². The molecule has 1 aromatic carbocycles. The van der Waals surface area contributed by atoms with Crippen LogP contribution in [0.5, 0.6) is 5.75 Å². The van der Waals surface area contributed by atoms with Gasteiger partial charge in [-0.15, -0.1) is 0 Å². The number of hydrogen-bond acceptors (Lipinski definition) is 2. The predicted molar refractivity (Wildman–Crippen MR) is 137 cm³/mol. The average molecular weight is 459 g/mol. The van der Waals surface area contributed by atoms with Crippen LogP contribution in [-0.2, 0) is 4.43 Å². The van der Waals surface area contributed by atoms with Gasteiger partial charge in [0.15, 0.2) is 8.32 Å². The molecule has 0 aliphatic heterocycles. The molecule has 0 bridgehead atoms. The Labute approximate surface area is 193 Å². The summed E-state index contributed by atoms with van der Waals surface area (Å²) >= 11 is 0. The van der Waals surface area contributed by atoms with E-state index in [-0.39, 0.29) is 0 Å². The Kier molecular flexibility index (Phi) is 6.33. The number of benzene rings is 1. The summed E-state index contributed by atoms with van der Waals surface area (Å²) in [6.07, 6.45) is 9.77.